The number of aliphatic hydroxyl groups is 1. The zero-order valence-electron chi connectivity index (χ0n) is 15.1. The third-order valence-corrected chi connectivity index (χ3v) is 4.81. The second-order valence-corrected chi connectivity index (χ2v) is 6.63. The predicted molar refractivity (Wildman–Crippen MR) is 102 cm³/mol. The Labute approximate surface area is 161 Å². The summed E-state index contributed by atoms with van der Waals surface area (Å²) >= 11 is 0. The summed E-state index contributed by atoms with van der Waals surface area (Å²) < 4.78 is 19.8. The molecule has 28 heavy (non-hydrogen) atoms. The van der Waals surface area contributed by atoms with E-state index in [1.165, 1.54) is 11.9 Å². The highest BCUT2D eigenvalue weighted by Gasteiger charge is 2.52. The summed E-state index contributed by atoms with van der Waals surface area (Å²) in [4.78, 5) is 18.2. The van der Waals surface area contributed by atoms with Gasteiger partial charge in [-0.3, -0.25) is 4.79 Å². The molecule has 0 radical (unpaired) electrons. The van der Waals surface area contributed by atoms with Gasteiger partial charge in [0.1, 0.15) is 12.4 Å². The maximum absolute atomic E-state index is 14.0. The molecule has 0 saturated carbocycles. The lowest BCUT2D eigenvalue weighted by Gasteiger charge is -2.24. The number of amides is 1. The van der Waals surface area contributed by atoms with E-state index < -0.39 is 17.3 Å². The zero-order valence-corrected chi connectivity index (χ0v) is 15.1. The highest BCUT2D eigenvalue weighted by molar-refractivity contribution is 6.09. The van der Waals surface area contributed by atoms with E-state index in [1.807, 2.05) is 30.3 Å². The molecule has 1 aliphatic heterocycles. The fourth-order valence-electron chi connectivity index (χ4n) is 3.39. The molecule has 6 nitrogen and oxygen atoms in total. The van der Waals surface area contributed by atoms with Crippen molar-refractivity contribution in [2.45, 2.75) is 12.2 Å². The predicted octanol–water partition coefficient (Wildman–Crippen LogP) is 2.59. The van der Waals surface area contributed by atoms with Crippen LogP contribution in [0.25, 0.3) is 0 Å². The molecule has 3 aromatic rings. The number of nitrogens with zero attached hydrogens (tertiary/aromatic N) is 2. The zero-order chi connectivity index (χ0) is 19.9. The van der Waals surface area contributed by atoms with Crippen molar-refractivity contribution in [3.05, 3.63) is 83.3 Å². The summed E-state index contributed by atoms with van der Waals surface area (Å²) in [7, 11) is 1.52. The first-order chi connectivity index (χ1) is 13.4. The number of benzene rings is 2. The molecule has 1 aromatic heterocycles. The summed E-state index contributed by atoms with van der Waals surface area (Å²) in [6, 6.07) is 15.1. The minimum absolute atomic E-state index is 0.0146. The normalized spacial score (nSPS) is 18.2. The summed E-state index contributed by atoms with van der Waals surface area (Å²) in [5, 5.41) is 11.4. The van der Waals surface area contributed by atoms with Crippen molar-refractivity contribution < 1.29 is 19.0 Å². The number of aromatic nitrogens is 1. The second kappa shape index (κ2) is 6.61. The highest BCUT2D eigenvalue weighted by Crippen LogP contribution is 2.46. The van der Waals surface area contributed by atoms with E-state index in [1.54, 1.807) is 18.2 Å². The van der Waals surface area contributed by atoms with Crippen LogP contribution in [-0.2, 0) is 17.0 Å². The maximum atomic E-state index is 14.0. The second-order valence-electron chi connectivity index (χ2n) is 6.63. The van der Waals surface area contributed by atoms with Crippen molar-refractivity contribution in [2.75, 3.05) is 17.7 Å². The van der Waals surface area contributed by atoms with Crippen LogP contribution in [0, 0.1) is 5.82 Å². The number of nitrogens with two attached hydrogens (primary N) is 1. The van der Waals surface area contributed by atoms with Crippen molar-refractivity contribution >= 4 is 17.3 Å². The van der Waals surface area contributed by atoms with Crippen LogP contribution in [-0.4, -0.2) is 23.0 Å². The minimum atomic E-state index is -2.13. The Bertz CT molecular complexity index is 1060. The fraction of sp³-hybridized carbons (Fsp3) is 0.143. The van der Waals surface area contributed by atoms with Crippen LogP contribution in [0.3, 0.4) is 0 Å². The number of carbonyl (C=O) groups excluding carboxylic acids is 1. The Morgan fingerprint density at radius 1 is 1.18 bits per heavy atom. The van der Waals surface area contributed by atoms with Gasteiger partial charge in [-0.15, -0.1) is 0 Å². The van der Waals surface area contributed by atoms with Crippen LogP contribution < -0.4 is 15.4 Å². The lowest BCUT2D eigenvalue weighted by molar-refractivity contribution is -0.132. The van der Waals surface area contributed by atoms with E-state index in [2.05, 4.69) is 4.98 Å². The van der Waals surface area contributed by atoms with Gasteiger partial charge < -0.3 is 20.5 Å². The van der Waals surface area contributed by atoms with Gasteiger partial charge in [0.05, 0.1) is 17.4 Å². The molecule has 0 fully saturated rings. The number of likely N-dealkylation sites (N-methyl/N-ethyl adjacent to an activating group) is 1. The maximum Gasteiger partial charge on any atom is 0.268 e. The molecule has 1 unspecified atom stereocenters. The van der Waals surface area contributed by atoms with Gasteiger partial charge in [0.15, 0.2) is 0 Å². The Morgan fingerprint density at radius 3 is 2.68 bits per heavy atom. The Balaban J connectivity index is 1.80. The summed E-state index contributed by atoms with van der Waals surface area (Å²) in [5.41, 5.74) is 5.70. The van der Waals surface area contributed by atoms with Crippen LogP contribution in [0.5, 0.6) is 5.88 Å². The molecule has 4 rings (SSSR count). The Morgan fingerprint density at radius 2 is 1.93 bits per heavy atom. The molecule has 0 spiro atoms. The number of hydrogen-bond acceptors (Lipinski definition) is 5. The van der Waals surface area contributed by atoms with Crippen molar-refractivity contribution in [3.63, 3.8) is 0 Å². The third-order valence-electron chi connectivity index (χ3n) is 4.81. The number of carbonyl (C=O) groups is 1. The summed E-state index contributed by atoms with van der Waals surface area (Å²) in [5.74, 6) is -1.33. The monoisotopic (exact) mass is 379 g/mol. The van der Waals surface area contributed by atoms with Crippen LogP contribution in [0.15, 0.2) is 60.8 Å². The number of rotatable bonds is 4. The van der Waals surface area contributed by atoms with Crippen molar-refractivity contribution in [1.29, 1.82) is 0 Å². The van der Waals surface area contributed by atoms with Gasteiger partial charge in [-0.05, 0) is 23.8 Å². The topological polar surface area (TPSA) is 88.7 Å². The number of fused-ring (bicyclic) bond motifs is 1. The molecule has 1 amide bonds. The lowest BCUT2D eigenvalue weighted by atomic mass is 9.88. The molecular formula is C21H18FN3O3. The average molecular weight is 379 g/mol. The highest BCUT2D eigenvalue weighted by atomic mass is 19.1. The van der Waals surface area contributed by atoms with E-state index in [0.717, 1.165) is 17.8 Å². The van der Waals surface area contributed by atoms with Gasteiger partial charge in [-0.25, -0.2) is 9.37 Å². The number of nitrogen functional groups attached to an aromatic ring is 1. The molecule has 0 bridgehead atoms. The van der Waals surface area contributed by atoms with Crippen molar-refractivity contribution in [1.82, 2.24) is 4.98 Å². The van der Waals surface area contributed by atoms with Crippen LogP contribution in [0.2, 0.25) is 0 Å². The minimum Gasteiger partial charge on any atom is -0.472 e. The number of pyridine rings is 1. The SMILES string of the molecule is CN1C(=O)C(O)(c2cc(F)cnc2OCc2ccccc2)c2ccc(N)cc21. The van der Waals surface area contributed by atoms with Gasteiger partial charge in [-0.2, -0.15) is 0 Å². The molecule has 0 saturated heterocycles. The first-order valence-corrected chi connectivity index (χ1v) is 8.64. The number of anilines is 2. The standard InChI is InChI=1S/C21H18FN3O3/c1-25-18-10-15(23)7-8-16(18)21(27,20(25)26)17-9-14(22)11-24-19(17)28-12-13-5-3-2-4-6-13/h2-11,27H,12,23H2,1H3. The van der Waals surface area contributed by atoms with Gasteiger partial charge in [-0.1, -0.05) is 36.4 Å². The number of hydrogen-bond donors (Lipinski definition) is 2. The number of halogens is 1. The van der Waals surface area contributed by atoms with Crippen molar-refractivity contribution in [3.8, 4) is 5.88 Å². The van der Waals surface area contributed by atoms with Crippen LogP contribution >= 0.6 is 0 Å². The van der Waals surface area contributed by atoms with E-state index in [0.29, 0.717) is 16.9 Å². The first kappa shape index (κ1) is 17.9. The molecule has 2 heterocycles. The van der Waals surface area contributed by atoms with Gasteiger partial charge in [0.25, 0.3) is 5.91 Å². The summed E-state index contributed by atoms with van der Waals surface area (Å²) in [6.45, 7) is 0.154. The van der Waals surface area contributed by atoms with E-state index in [9.17, 15) is 14.3 Å². The van der Waals surface area contributed by atoms with Gasteiger partial charge >= 0.3 is 0 Å². The molecular weight excluding hydrogens is 361 g/mol. The van der Waals surface area contributed by atoms with E-state index in [4.69, 9.17) is 10.5 Å². The van der Waals surface area contributed by atoms with Crippen LogP contribution in [0.1, 0.15) is 16.7 Å². The Kier molecular flexibility index (Phi) is 4.24. The molecule has 2 aromatic carbocycles. The third kappa shape index (κ3) is 2.76. The first-order valence-electron chi connectivity index (χ1n) is 8.64. The van der Waals surface area contributed by atoms with Crippen LogP contribution in [0.4, 0.5) is 15.8 Å². The molecule has 0 aliphatic carbocycles. The average Bonchev–Trinajstić information content (AvgIpc) is 2.89. The van der Waals surface area contributed by atoms with Crippen molar-refractivity contribution in [2.24, 2.45) is 0 Å². The number of ether oxygens (including phenoxy) is 1. The van der Waals surface area contributed by atoms with E-state index in [-0.39, 0.29) is 18.1 Å². The van der Waals surface area contributed by atoms with Gasteiger partial charge in [0, 0.05) is 18.3 Å². The molecule has 1 atom stereocenters. The fourth-order valence-corrected chi connectivity index (χ4v) is 3.39. The smallest absolute Gasteiger partial charge is 0.268 e. The molecule has 1 aliphatic rings. The largest absolute Gasteiger partial charge is 0.472 e. The lowest BCUT2D eigenvalue weighted by Crippen LogP contribution is -2.40. The summed E-state index contributed by atoms with van der Waals surface area (Å²) in [6.07, 6.45) is 0.986. The quantitative estimate of drug-likeness (QED) is 0.681. The van der Waals surface area contributed by atoms with E-state index >= 15 is 0 Å². The Hall–Kier alpha value is -3.45. The van der Waals surface area contributed by atoms with Gasteiger partial charge in [0.2, 0.25) is 11.5 Å². The molecule has 3 N–H and O–H groups in total. The molecule has 7 heteroatoms. The molecule has 142 valence electrons.